The van der Waals surface area contributed by atoms with Gasteiger partial charge in [0.05, 0.1) is 24.1 Å². The van der Waals surface area contributed by atoms with Crippen molar-refractivity contribution in [2.24, 2.45) is 17.8 Å². The zero-order valence-corrected chi connectivity index (χ0v) is 35.4. The number of nitrogens with one attached hydrogen (secondary N) is 3. The number of nitrogens with zero attached hydrogens (tertiary/aromatic N) is 2. The molecule has 7 unspecified atom stereocenters. The van der Waals surface area contributed by atoms with Gasteiger partial charge in [0.1, 0.15) is 36.1 Å². The van der Waals surface area contributed by atoms with E-state index in [0.29, 0.717) is 69.1 Å². The molecule has 0 radical (unpaired) electrons. The fourth-order valence-corrected chi connectivity index (χ4v) is 9.10. The summed E-state index contributed by atoms with van der Waals surface area (Å²) in [7, 11) is -2.54. The summed E-state index contributed by atoms with van der Waals surface area (Å²) in [6.45, 7) is 6.91. The number of hydrogen-bond donors (Lipinski definition) is 3. The van der Waals surface area contributed by atoms with Crippen LogP contribution in [0.4, 0.5) is 18.0 Å². The molecule has 3 heterocycles. The number of sulfonamides is 1. The standard InChI is InChI=1S/C41H54F3N5O10S/c1-24-11-7-8-12-26-21-40(26,36(52)48-60(54,55)39(5)15-16-39)47-33(50)30-20-27(58-34-29-14-10-9-13-28(29)31(22-45-34)57-18-17-56-6)23-49(30)35(51)32(25(2)19-24)46-37(53)59-38(3,4)41(42,43)44/h8-10,12-14,22,24-27,30,32H,7,11,15-21,23H2,1-6H3,(H,46,53)(H,47,50)(H,48,52). The average Bonchev–Trinajstić information content (AvgIpc) is 4.05. The summed E-state index contributed by atoms with van der Waals surface area (Å²) in [4.78, 5) is 62.1. The number of aromatic nitrogens is 1. The minimum atomic E-state index is -4.92. The van der Waals surface area contributed by atoms with E-state index in [2.05, 4.69) is 20.3 Å². The van der Waals surface area contributed by atoms with E-state index >= 15 is 0 Å². The minimum absolute atomic E-state index is 0.0442. The number of hydrogen-bond acceptors (Lipinski definition) is 11. The van der Waals surface area contributed by atoms with Crippen molar-refractivity contribution in [2.45, 2.75) is 120 Å². The molecule has 1 saturated heterocycles. The highest BCUT2D eigenvalue weighted by Gasteiger charge is 2.63. The smallest absolute Gasteiger partial charge is 0.427 e. The second-order valence-electron chi connectivity index (χ2n) is 17.3. The van der Waals surface area contributed by atoms with Gasteiger partial charge in [0, 0.05) is 30.2 Å². The number of alkyl carbamates (subject to hydrolysis) is 1. The molecule has 0 bridgehead atoms. The van der Waals surface area contributed by atoms with Crippen molar-refractivity contribution in [3.05, 3.63) is 42.6 Å². The second-order valence-corrected chi connectivity index (χ2v) is 19.5. The molecule has 2 aromatic rings. The number of alkyl halides is 3. The fourth-order valence-electron chi connectivity index (χ4n) is 7.79. The van der Waals surface area contributed by atoms with Gasteiger partial charge in [-0.3, -0.25) is 19.1 Å². The van der Waals surface area contributed by atoms with Crippen LogP contribution < -0.4 is 24.8 Å². The van der Waals surface area contributed by atoms with Crippen molar-refractivity contribution in [1.29, 1.82) is 0 Å². The molecule has 330 valence electrons. The molecule has 6 rings (SSSR count). The van der Waals surface area contributed by atoms with Crippen LogP contribution in [0.3, 0.4) is 0 Å². The zero-order chi connectivity index (χ0) is 43.8. The van der Waals surface area contributed by atoms with E-state index in [1.165, 1.54) is 18.0 Å². The molecule has 3 N–H and O–H groups in total. The quantitative estimate of drug-likeness (QED) is 0.205. The molecule has 19 heteroatoms. The van der Waals surface area contributed by atoms with Crippen LogP contribution in [0, 0.1) is 17.8 Å². The molecule has 4 aliphatic rings. The zero-order valence-electron chi connectivity index (χ0n) is 34.6. The molecule has 2 aliphatic carbocycles. The van der Waals surface area contributed by atoms with Gasteiger partial charge >= 0.3 is 12.3 Å². The van der Waals surface area contributed by atoms with Crippen LogP contribution in [0.5, 0.6) is 11.6 Å². The summed E-state index contributed by atoms with van der Waals surface area (Å²) in [5, 5.41) is 6.42. The van der Waals surface area contributed by atoms with Crippen molar-refractivity contribution < 1.29 is 59.7 Å². The van der Waals surface area contributed by atoms with Gasteiger partial charge in [0.2, 0.25) is 33.3 Å². The largest absolute Gasteiger partial charge is 0.489 e. The lowest BCUT2D eigenvalue weighted by atomic mass is 9.88. The van der Waals surface area contributed by atoms with E-state index in [-0.39, 0.29) is 37.8 Å². The number of fused-ring (bicyclic) bond motifs is 3. The third-order valence-corrected chi connectivity index (χ3v) is 14.3. The van der Waals surface area contributed by atoms with Gasteiger partial charge < -0.3 is 34.5 Å². The number of carbonyl (C=O) groups excluding carboxylic acids is 4. The predicted octanol–water partition coefficient (Wildman–Crippen LogP) is 4.93. The highest BCUT2D eigenvalue weighted by molar-refractivity contribution is 7.91. The van der Waals surface area contributed by atoms with Crippen LogP contribution >= 0.6 is 0 Å². The van der Waals surface area contributed by atoms with Gasteiger partial charge in [0.25, 0.3) is 5.91 Å². The fraction of sp³-hybridized carbons (Fsp3) is 0.634. The van der Waals surface area contributed by atoms with Crippen molar-refractivity contribution in [1.82, 2.24) is 25.2 Å². The predicted molar refractivity (Wildman–Crippen MR) is 212 cm³/mol. The topological polar surface area (TPSA) is 192 Å². The molecule has 60 heavy (non-hydrogen) atoms. The molecule has 2 saturated carbocycles. The summed E-state index contributed by atoms with van der Waals surface area (Å²) >= 11 is 0. The highest BCUT2D eigenvalue weighted by atomic mass is 32.2. The SMILES string of the molecule is COCCOc1cnc(OC2CC3C(=O)NC4(C(=O)NS(=O)(=O)C5(C)CC5)CC4C=CCCC(C)CC(C)C(NC(=O)OC(C)(C)C(F)(F)F)C(=O)N3C2)c2ccccc12. The monoisotopic (exact) mass is 865 g/mol. The third-order valence-electron chi connectivity index (χ3n) is 12.1. The summed E-state index contributed by atoms with van der Waals surface area (Å²) < 4.78 is 91.0. The van der Waals surface area contributed by atoms with Crippen LogP contribution in [-0.4, -0.2) is 109 Å². The van der Waals surface area contributed by atoms with E-state index in [9.17, 15) is 40.8 Å². The molecule has 3 fully saturated rings. The molecule has 7 atom stereocenters. The van der Waals surface area contributed by atoms with E-state index in [1.807, 2.05) is 25.1 Å². The first kappa shape index (κ1) is 44.9. The van der Waals surface area contributed by atoms with Crippen LogP contribution in [-0.2, 0) is 33.9 Å². The highest BCUT2D eigenvalue weighted by Crippen LogP contribution is 2.48. The maximum atomic E-state index is 14.8. The van der Waals surface area contributed by atoms with E-state index in [4.69, 9.17) is 18.9 Å². The lowest BCUT2D eigenvalue weighted by Gasteiger charge is -2.34. The van der Waals surface area contributed by atoms with Crippen LogP contribution in [0.1, 0.15) is 79.6 Å². The Morgan fingerprint density at radius 2 is 1.77 bits per heavy atom. The first-order valence-corrected chi connectivity index (χ1v) is 21.7. The number of allylic oxidation sites excluding steroid dienone is 1. The summed E-state index contributed by atoms with van der Waals surface area (Å²) in [5.74, 6) is -3.08. The van der Waals surface area contributed by atoms with Gasteiger partial charge in [-0.25, -0.2) is 18.2 Å². The van der Waals surface area contributed by atoms with Crippen molar-refractivity contribution in [2.75, 3.05) is 26.9 Å². The van der Waals surface area contributed by atoms with Crippen molar-refractivity contribution in [3.8, 4) is 11.6 Å². The Morgan fingerprint density at radius 3 is 2.43 bits per heavy atom. The summed E-state index contributed by atoms with van der Waals surface area (Å²) in [5.41, 5.74) is -4.54. The summed E-state index contributed by atoms with van der Waals surface area (Å²) in [6, 6.07) is 4.38. The van der Waals surface area contributed by atoms with Gasteiger partial charge in [-0.05, 0) is 77.2 Å². The maximum absolute atomic E-state index is 14.8. The number of pyridine rings is 1. The van der Waals surface area contributed by atoms with E-state index < -0.39 is 85.9 Å². The molecular weight excluding hydrogens is 812 g/mol. The Kier molecular flexibility index (Phi) is 12.7. The Balaban J connectivity index is 1.35. The molecule has 4 amide bonds. The number of rotatable bonds is 11. The van der Waals surface area contributed by atoms with Crippen molar-refractivity contribution in [3.63, 3.8) is 0 Å². The number of benzene rings is 1. The lowest BCUT2D eigenvalue weighted by molar-refractivity contribution is -0.244. The number of ether oxygens (including phenoxy) is 4. The molecule has 0 spiro atoms. The molecule has 1 aromatic carbocycles. The van der Waals surface area contributed by atoms with Crippen LogP contribution in [0.15, 0.2) is 42.6 Å². The molecular formula is C41H54F3N5O10S. The van der Waals surface area contributed by atoms with Crippen LogP contribution in [0.25, 0.3) is 10.8 Å². The lowest BCUT2D eigenvalue weighted by Crippen LogP contribution is -2.59. The Morgan fingerprint density at radius 1 is 1.07 bits per heavy atom. The Hall–Kier alpha value is -4.65. The third kappa shape index (κ3) is 9.46. The maximum Gasteiger partial charge on any atom is 0.427 e. The molecule has 1 aromatic heterocycles. The van der Waals surface area contributed by atoms with E-state index in [1.54, 1.807) is 32.2 Å². The van der Waals surface area contributed by atoms with Gasteiger partial charge in [-0.1, -0.05) is 44.2 Å². The Labute approximate surface area is 347 Å². The van der Waals surface area contributed by atoms with Crippen molar-refractivity contribution >= 4 is 44.6 Å². The first-order chi connectivity index (χ1) is 28.1. The number of amides is 4. The first-order valence-electron chi connectivity index (χ1n) is 20.2. The number of methoxy groups -OCH3 is 1. The van der Waals surface area contributed by atoms with Gasteiger partial charge in [-0.15, -0.1) is 0 Å². The number of halogens is 3. The second kappa shape index (κ2) is 17.0. The van der Waals surface area contributed by atoms with E-state index in [0.717, 1.165) is 0 Å². The normalized spacial score (nSPS) is 28.3. The van der Waals surface area contributed by atoms with Crippen LogP contribution in [0.2, 0.25) is 0 Å². The Bertz CT molecular complexity index is 2110. The summed E-state index contributed by atoms with van der Waals surface area (Å²) in [6.07, 6.45) is 0.0669. The average molecular weight is 866 g/mol. The number of carbonyl (C=O) groups is 4. The minimum Gasteiger partial charge on any atom is -0.489 e. The van der Waals surface area contributed by atoms with Gasteiger partial charge in [-0.2, -0.15) is 13.2 Å². The molecule has 2 aliphatic heterocycles. The van der Waals surface area contributed by atoms with Gasteiger partial charge in [0.15, 0.2) is 0 Å². The molecule has 15 nitrogen and oxygen atoms in total.